The topological polar surface area (TPSA) is 78.0 Å². The molecule has 1 aliphatic heterocycles. The SMILES string of the molecule is Cc1cc(=O)n2c(n1)C(C(N)=O)CCC2. The van der Waals surface area contributed by atoms with Crippen LogP contribution in [-0.4, -0.2) is 15.5 Å². The van der Waals surface area contributed by atoms with Gasteiger partial charge in [-0.15, -0.1) is 0 Å². The second kappa shape index (κ2) is 3.49. The summed E-state index contributed by atoms with van der Waals surface area (Å²) in [5.41, 5.74) is 5.83. The molecule has 2 rings (SSSR count). The molecule has 1 aliphatic rings. The Morgan fingerprint density at radius 2 is 2.40 bits per heavy atom. The van der Waals surface area contributed by atoms with Crippen LogP contribution in [0.3, 0.4) is 0 Å². The maximum atomic E-state index is 11.6. The van der Waals surface area contributed by atoms with Crippen LogP contribution in [-0.2, 0) is 11.3 Å². The first kappa shape index (κ1) is 9.89. The number of carbonyl (C=O) groups is 1. The molecule has 15 heavy (non-hydrogen) atoms. The molecule has 2 N–H and O–H groups in total. The Morgan fingerprint density at radius 3 is 3.07 bits per heavy atom. The van der Waals surface area contributed by atoms with Gasteiger partial charge >= 0.3 is 0 Å². The highest BCUT2D eigenvalue weighted by Crippen LogP contribution is 2.23. The molecule has 0 saturated heterocycles. The average molecular weight is 207 g/mol. The molecule has 1 atom stereocenters. The minimum Gasteiger partial charge on any atom is -0.369 e. The molecular weight excluding hydrogens is 194 g/mol. The molecule has 1 aromatic rings. The molecule has 0 fully saturated rings. The van der Waals surface area contributed by atoms with Crippen molar-refractivity contribution in [3.63, 3.8) is 0 Å². The summed E-state index contributed by atoms with van der Waals surface area (Å²) in [6, 6.07) is 1.48. The van der Waals surface area contributed by atoms with Crippen LogP contribution >= 0.6 is 0 Å². The minimum absolute atomic E-state index is 0.0940. The van der Waals surface area contributed by atoms with Crippen LogP contribution < -0.4 is 11.3 Å². The van der Waals surface area contributed by atoms with Crippen molar-refractivity contribution in [1.82, 2.24) is 9.55 Å². The maximum absolute atomic E-state index is 11.6. The normalized spacial score (nSPS) is 19.7. The van der Waals surface area contributed by atoms with Crippen molar-refractivity contribution in [2.45, 2.75) is 32.2 Å². The number of hydrogen-bond donors (Lipinski definition) is 1. The van der Waals surface area contributed by atoms with Crippen LogP contribution in [0.4, 0.5) is 0 Å². The van der Waals surface area contributed by atoms with Crippen molar-refractivity contribution in [3.05, 3.63) is 27.9 Å². The molecule has 0 saturated carbocycles. The van der Waals surface area contributed by atoms with Gasteiger partial charge < -0.3 is 5.73 Å². The van der Waals surface area contributed by atoms with Crippen molar-refractivity contribution < 1.29 is 4.79 Å². The van der Waals surface area contributed by atoms with E-state index in [-0.39, 0.29) is 5.56 Å². The molecule has 5 nitrogen and oxygen atoms in total. The number of aryl methyl sites for hydroxylation is 1. The van der Waals surface area contributed by atoms with E-state index in [0.29, 0.717) is 24.5 Å². The summed E-state index contributed by atoms with van der Waals surface area (Å²) in [5.74, 6) is -0.286. The Balaban J connectivity index is 2.60. The van der Waals surface area contributed by atoms with E-state index in [9.17, 15) is 9.59 Å². The molecule has 1 unspecified atom stereocenters. The smallest absolute Gasteiger partial charge is 0.253 e. The van der Waals surface area contributed by atoms with Crippen LogP contribution in [0.2, 0.25) is 0 Å². The highest BCUT2D eigenvalue weighted by molar-refractivity contribution is 5.81. The van der Waals surface area contributed by atoms with Gasteiger partial charge in [0, 0.05) is 18.3 Å². The van der Waals surface area contributed by atoms with Crippen molar-refractivity contribution >= 4 is 5.91 Å². The van der Waals surface area contributed by atoms with Gasteiger partial charge in [-0.3, -0.25) is 14.2 Å². The molecule has 80 valence electrons. The van der Waals surface area contributed by atoms with Crippen molar-refractivity contribution in [1.29, 1.82) is 0 Å². The van der Waals surface area contributed by atoms with Gasteiger partial charge in [0.15, 0.2) is 0 Å². The summed E-state index contributed by atoms with van der Waals surface area (Å²) in [4.78, 5) is 27.1. The van der Waals surface area contributed by atoms with E-state index in [1.807, 2.05) is 0 Å². The number of nitrogens with zero attached hydrogens (tertiary/aromatic N) is 2. The van der Waals surface area contributed by atoms with Gasteiger partial charge in [-0.2, -0.15) is 0 Å². The summed E-state index contributed by atoms with van der Waals surface area (Å²) >= 11 is 0. The van der Waals surface area contributed by atoms with Crippen molar-refractivity contribution in [2.75, 3.05) is 0 Å². The molecule has 0 bridgehead atoms. The molecular formula is C10H13N3O2. The molecule has 0 aliphatic carbocycles. The zero-order chi connectivity index (χ0) is 11.0. The lowest BCUT2D eigenvalue weighted by molar-refractivity contribution is -0.120. The number of nitrogens with two attached hydrogens (primary N) is 1. The zero-order valence-corrected chi connectivity index (χ0v) is 8.56. The van der Waals surface area contributed by atoms with E-state index in [0.717, 1.165) is 6.42 Å². The molecule has 0 spiro atoms. The van der Waals surface area contributed by atoms with Gasteiger partial charge in [0.2, 0.25) is 5.91 Å². The van der Waals surface area contributed by atoms with Gasteiger partial charge in [0.1, 0.15) is 5.82 Å². The second-order valence-corrected chi connectivity index (χ2v) is 3.84. The number of primary amides is 1. The van der Waals surface area contributed by atoms with E-state index >= 15 is 0 Å². The Labute approximate surface area is 86.9 Å². The van der Waals surface area contributed by atoms with Gasteiger partial charge in [-0.25, -0.2) is 4.98 Å². The van der Waals surface area contributed by atoms with Crippen molar-refractivity contribution in [2.24, 2.45) is 5.73 Å². The number of carbonyl (C=O) groups excluding carboxylic acids is 1. The highest BCUT2D eigenvalue weighted by atomic mass is 16.1. The second-order valence-electron chi connectivity index (χ2n) is 3.84. The monoisotopic (exact) mass is 207 g/mol. The van der Waals surface area contributed by atoms with E-state index in [2.05, 4.69) is 4.98 Å². The molecule has 1 aromatic heterocycles. The van der Waals surface area contributed by atoms with E-state index in [4.69, 9.17) is 5.73 Å². The summed E-state index contributed by atoms with van der Waals surface area (Å²) in [7, 11) is 0. The maximum Gasteiger partial charge on any atom is 0.253 e. The third-order valence-corrected chi connectivity index (χ3v) is 2.70. The third kappa shape index (κ3) is 1.65. The van der Waals surface area contributed by atoms with Crippen molar-refractivity contribution in [3.8, 4) is 0 Å². The summed E-state index contributed by atoms with van der Waals surface area (Å²) in [6.07, 6.45) is 1.48. The number of fused-ring (bicyclic) bond motifs is 1. The Bertz CT molecular complexity index is 464. The summed E-state index contributed by atoms with van der Waals surface area (Å²) < 4.78 is 1.55. The first-order valence-electron chi connectivity index (χ1n) is 4.97. The molecule has 5 heteroatoms. The lowest BCUT2D eigenvalue weighted by Gasteiger charge is -2.23. The molecule has 0 radical (unpaired) electrons. The lowest BCUT2D eigenvalue weighted by Crippen LogP contribution is -2.35. The van der Waals surface area contributed by atoms with E-state index in [1.165, 1.54) is 6.07 Å². The summed E-state index contributed by atoms with van der Waals surface area (Å²) in [5, 5.41) is 0. The highest BCUT2D eigenvalue weighted by Gasteiger charge is 2.26. The first-order chi connectivity index (χ1) is 7.09. The Morgan fingerprint density at radius 1 is 1.67 bits per heavy atom. The lowest BCUT2D eigenvalue weighted by atomic mass is 9.98. The number of aromatic nitrogens is 2. The van der Waals surface area contributed by atoms with Crippen LogP contribution in [0.5, 0.6) is 0 Å². The molecule has 0 aromatic carbocycles. The Kier molecular flexibility index (Phi) is 2.30. The predicted molar refractivity (Wildman–Crippen MR) is 54.4 cm³/mol. The van der Waals surface area contributed by atoms with Gasteiger partial charge in [0.05, 0.1) is 5.92 Å². The number of amides is 1. The fraction of sp³-hybridized carbons (Fsp3) is 0.500. The minimum atomic E-state index is -0.411. The van der Waals surface area contributed by atoms with Crippen LogP contribution in [0.25, 0.3) is 0 Å². The fourth-order valence-corrected chi connectivity index (χ4v) is 1.99. The predicted octanol–water partition coefficient (Wildman–Crippen LogP) is -0.0856. The average Bonchev–Trinajstić information content (AvgIpc) is 2.16. The summed E-state index contributed by atoms with van der Waals surface area (Å²) in [6.45, 7) is 2.38. The quantitative estimate of drug-likeness (QED) is 0.699. The molecule has 1 amide bonds. The van der Waals surface area contributed by atoms with Gasteiger partial charge in [-0.05, 0) is 19.8 Å². The van der Waals surface area contributed by atoms with Gasteiger partial charge in [-0.1, -0.05) is 0 Å². The molecule has 2 heterocycles. The van der Waals surface area contributed by atoms with Crippen LogP contribution in [0.1, 0.15) is 30.3 Å². The van der Waals surface area contributed by atoms with E-state index in [1.54, 1.807) is 11.5 Å². The van der Waals surface area contributed by atoms with E-state index < -0.39 is 11.8 Å². The number of rotatable bonds is 1. The largest absolute Gasteiger partial charge is 0.369 e. The number of hydrogen-bond acceptors (Lipinski definition) is 3. The van der Waals surface area contributed by atoms with Crippen LogP contribution in [0.15, 0.2) is 10.9 Å². The Hall–Kier alpha value is -1.65. The third-order valence-electron chi connectivity index (χ3n) is 2.70. The van der Waals surface area contributed by atoms with Crippen LogP contribution in [0, 0.1) is 6.92 Å². The first-order valence-corrected chi connectivity index (χ1v) is 4.97. The zero-order valence-electron chi connectivity index (χ0n) is 8.56. The fourth-order valence-electron chi connectivity index (χ4n) is 1.99. The van der Waals surface area contributed by atoms with Gasteiger partial charge in [0.25, 0.3) is 5.56 Å². The standard InChI is InChI=1S/C10H13N3O2/c1-6-5-8(14)13-4-2-3-7(9(11)15)10(13)12-6/h5,7H,2-4H2,1H3,(H2,11,15).